The molecule has 0 spiro atoms. The van der Waals surface area contributed by atoms with E-state index in [2.05, 4.69) is 14.5 Å². The number of aryl methyl sites for hydroxylation is 2. The zero-order chi connectivity index (χ0) is 21.2. The van der Waals surface area contributed by atoms with Gasteiger partial charge in [0.05, 0.1) is 16.8 Å². The van der Waals surface area contributed by atoms with Gasteiger partial charge in [0.15, 0.2) is 0 Å². The Balaban J connectivity index is 1.76. The molecule has 10 heteroatoms. The van der Waals surface area contributed by atoms with Gasteiger partial charge in [-0.15, -0.1) is 0 Å². The van der Waals surface area contributed by atoms with E-state index in [1.807, 2.05) is 13.8 Å². The van der Waals surface area contributed by atoms with E-state index < -0.39 is 20.0 Å². The van der Waals surface area contributed by atoms with Crippen molar-refractivity contribution in [2.24, 2.45) is 0 Å². The second-order valence-corrected chi connectivity index (χ2v) is 9.84. The molecule has 29 heavy (non-hydrogen) atoms. The highest BCUT2D eigenvalue weighted by Gasteiger charge is 2.21. The summed E-state index contributed by atoms with van der Waals surface area (Å²) in [6.07, 6.45) is 1.31. The number of anilines is 2. The Hall–Kier alpha value is -2.85. The van der Waals surface area contributed by atoms with Crippen molar-refractivity contribution in [3.63, 3.8) is 0 Å². The molecule has 1 aromatic heterocycles. The van der Waals surface area contributed by atoms with Crippen LogP contribution < -0.4 is 9.44 Å². The molecule has 0 aliphatic heterocycles. The molecule has 0 aliphatic carbocycles. The van der Waals surface area contributed by atoms with Gasteiger partial charge in [0.25, 0.3) is 20.0 Å². The van der Waals surface area contributed by atoms with Crippen LogP contribution in [-0.4, -0.2) is 26.6 Å². The molecule has 2 N–H and O–H groups in total. The molecule has 0 atom stereocenters. The summed E-state index contributed by atoms with van der Waals surface area (Å²) < 4.78 is 56.7. The standard InChI is InChI=1S/C19H22N4O4S2/c1-4-23-15(3)19(13-20-23)29(26,27)22-17-9-7-16(8-10-17)21-28(24,25)18-11-5-14(2)6-12-18/h5-13,21-22H,4H2,1-3H3. The molecule has 0 radical (unpaired) electrons. The summed E-state index contributed by atoms with van der Waals surface area (Å²) in [6.45, 7) is 6.00. The van der Waals surface area contributed by atoms with Gasteiger partial charge in [-0.2, -0.15) is 5.10 Å². The molecule has 0 saturated heterocycles. The molecule has 0 bridgehead atoms. The molecule has 0 unspecified atom stereocenters. The van der Waals surface area contributed by atoms with E-state index in [-0.39, 0.29) is 9.79 Å². The van der Waals surface area contributed by atoms with Gasteiger partial charge in [0.2, 0.25) is 0 Å². The lowest BCUT2D eigenvalue weighted by molar-refractivity contribution is 0.597. The van der Waals surface area contributed by atoms with E-state index in [0.29, 0.717) is 23.6 Å². The molecule has 3 aromatic rings. The van der Waals surface area contributed by atoms with Crippen LogP contribution in [0.5, 0.6) is 0 Å². The van der Waals surface area contributed by atoms with E-state index >= 15 is 0 Å². The Morgan fingerprint density at radius 1 is 0.828 bits per heavy atom. The fourth-order valence-electron chi connectivity index (χ4n) is 2.76. The van der Waals surface area contributed by atoms with E-state index in [4.69, 9.17) is 0 Å². The predicted octanol–water partition coefficient (Wildman–Crippen LogP) is 3.12. The lowest BCUT2D eigenvalue weighted by atomic mass is 10.2. The molecule has 2 aromatic carbocycles. The van der Waals surface area contributed by atoms with Gasteiger partial charge < -0.3 is 0 Å². The second kappa shape index (κ2) is 7.88. The smallest absolute Gasteiger partial charge is 0.265 e. The minimum atomic E-state index is -3.80. The van der Waals surface area contributed by atoms with Crippen LogP contribution in [0, 0.1) is 13.8 Å². The fourth-order valence-corrected chi connectivity index (χ4v) is 5.06. The number of nitrogens with one attached hydrogen (secondary N) is 2. The van der Waals surface area contributed by atoms with Crippen molar-refractivity contribution in [3.05, 3.63) is 66.0 Å². The Morgan fingerprint density at radius 2 is 1.34 bits per heavy atom. The third kappa shape index (κ3) is 4.60. The van der Waals surface area contributed by atoms with Crippen LogP contribution in [0.4, 0.5) is 11.4 Å². The van der Waals surface area contributed by atoms with Crippen molar-refractivity contribution in [2.75, 3.05) is 9.44 Å². The van der Waals surface area contributed by atoms with Crippen LogP contribution in [0.15, 0.2) is 64.5 Å². The molecule has 0 saturated carbocycles. The molecule has 3 rings (SSSR count). The van der Waals surface area contributed by atoms with Crippen LogP contribution >= 0.6 is 0 Å². The molecule has 8 nitrogen and oxygen atoms in total. The molecule has 0 amide bonds. The topological polar surface area (TPSA) is 110 Å². The Bertz CT molecular complexity index is 1210. The van der Waals surface area contributed by atoms with Crippen LogP contribution in [0.3, 0.4) is 0 Å². The lowest BCUT2D eigenvalue weighted by Crippen LogP contribution is -2.15. The zero-order valence-electron chi connectivity index (χ0n) is 16.2. The maximum Gasteiger partial charge on any atom is 0.265 e. The van der Waals surface area contributed by atoms with Crippen molar-refractivity contribution in [1.82, 2.24) is 9.78 Å². The van der Waals surface area contributed by atoms with E-state index in [1.165, 1.54) is 42.6 Å². The van der Waals surface area contributed by atoms with Crippen LogP contribution in [0.25, 0.3) is 0 Å². The summed E-state index contributed by atoms with van der Waals surface area (Å²) in [6, 6.07) is 12.5. The number of sulfonamides is 2. The average Bonchev–Trinajstić information content (AvgIpc) is 3.05. The van der Waals surface area contributed by atoms with Gasteiger partial charge in [0.1, 0.15) is 4.90 Å². The predicted molar refractivity (Wildman–Crippen MR) is 112 cm³/mol. The quantitative estimate of drug-likeness (QED) is 0.594. The highest BCUT2D eigenvalue weighted by Crippen LogP contribution is 2.22. The molecular weight excluding hydrogens is 412 g/mol. The van der Waals surface area contributed by atoms with Crippen molar-refractivity contribution in [3.8, 4) is 0 Å². The first kappa shape index (κ1) is 20.9. The maximum absolute atomic E-state index is 12.6. The normalized spacial score (nSPS) is 12.0. The van der Waals surface area contributed by atoms with Gasteiger partial charge in [-0.25, -0.2) is 16.8 Å². The number of hydrogen-bond donors (Lipinski definition) is 2. The molecule has 1 heterocycles. The van der Waals surface area contributed by atoms with Crippen LogP contribution in [0.1, 0.15) is 18.2 Å². The van der Waals surface area contributed by atoms with E-state index in [0.717, 1.165) is 5.56 Å². The third-order valence-corrected chi connectivity index (χ3v) is 7.25. The first-order valence-electron chi connectivity index (χ1n) is 8.87. The SMILES string of the molecule is CCn1ncc(S(=O)(=O)Nc2ccc(NS(=O)(=O)c3ccc(C)cc3)cc2)c1C. The van der Waals surface area contributed by atoms with Crippen molar-refractivity contribution in [1.29, 1.82) is 0 Å². The van der Waals surface area contributed by atoms with E-state index in [9.17, 15) is 16.8 Å². The van der Waals surface area contributed by atoms with Crippen LogP contribution in [-0.2, 0) is 26.6 Å². The van der Waals surface area contributed by atoms with Crippen molar-refractivity contribution < 1.29 is 16.8 Å². The average molecular weight is 435 g/mol. The number of aromatic nitrogens is 2. The summed E-state index contributed by atoms with van der Waals surface area (Å²) in [5, 5.41) is 4.05. The van der Waals surface area contributed by atoms with Crippen molar-refractivity contribution in [2.45, 2.75) is 37.1 Å². The first-order valence-corrected chi connectivity index (χ1v) is 11.8. The molecule has 154 valence electrons. The largest absolute Gasteiger partial charge is 0.280 e. The highest BCUT2D eigenvalue weighted by atomic mass is 32.2. The number of benzene rings is 2. The Kier molecular flexibility index (Phi) is 5.67. The number of nitrogens with zero attached hydrogens (tertiary/aromatic N) is 2. The minimum Gasteiger partial charge on any atom is -0.280 e. The summed E-state index contributed by atoms with van der Waals surface area (Å²) in [5.74, 6) is 0. The minimum absolute atomic E-state index is 0.100. The van der Waals surface area contributed by atoms with E-state index in [1.54, 1.807) is 23.7 Å². The number of rotatable bonds is 7. The first-order chi connectivity index (χ1) is 13.6. The maximum atomic E-state index is 12.6. The summed E-state index contributed by atoms with van der Waals surface area (Å²) in [7, 11) is -7.53. The summed E-state index contributed by atoms with van der Waals surface area (Å²) in [5.41, 5.74) is 2.14. The molecular formula is C19H22N4O4S2. The summed E-state index contributed by atoms with van der Waals surface area (Å²) >= 11 is 0. The second-order valence-electron chi connectivity index (χ2n) is 6.51. The zero-order valence-corrected chi connectivity index (χ0v) is 17.9. The van der Waals surface area contributed by atoms with Gasteiger partial charge in [-0.3, -0.25) is 14.1 Å². The van der Waals surface area contributed by atoms with Gasteiger partial charge in [-0.05, 0) is 57.2 Å². The Labute approximate surface area is 170 Å². The highest BCUT2D eigenvalue weighted by molar-refractivity contribution is 7.93. The van der Waals surface area contributed by atoms with Crippen LogP contribution in [0.2, 0.25) is 0 Å². The lowest BCUT2D eigenvalue weighted by Gasteiger charge is -2.11. The fraction of sp³-hybridized carbons (Fsp3) is 0.211. The molecule has 0 fully saturated rings. The Morgan fingerprint density at radius 3 is 1.83 bits per heavy atom. The molecule has 0 aliphatic rings. The summed E-state index contributed by atoms with van der Waals surface area (Å²) in [4.78, 5) is 0.250. The van der Waals surface area contributed by atoms with Gasteiger partial charge in [-0.1, -0.05) is 17.7 Å². The van der Waals surface area contributed by atoms with Gasteiger partial charge >= 0.3 is 0 Å². The third-order valence-electron chi connectivity index (χ3n) is 4.37. The monoisotopic (exact) mass is 434 g/mol. The number of hydrogen-bond acceptors (Lipinski definition) is 5. The van der Waals surface area contributed by atoms with Gasteiger partial charge in [0, 0.05) is 17.9 Å². The van der Waals surface area contributed by atoms with Crippen molar-refractivity contribution >= 4 is 31.4 Å².